The number of aromatic nitrogens is 1. The van der Waals surface area contributed by atoms with Crippen molar-refractivity contribution in [3.63, 3.8) is 0 Å². The molecule has 9 nitrogen and oxygen atoms in total. The molecule has 2 amide bonds. The van der Waals surface area contributed by atoms with Gasteiger partial charge in [0.2, 0.25) is 0 Å². The number of carbonyl (C=O) groups is 3. The Hall–Kier alpha value is -2.58. The maximum absolute atomic E-state index is 11.5. The highest BCUT2D eigenvalue weighted by Gasteiger charge is 2.20. The average molecular weight is 285 g/mol. The number of aliphatic carboxylic acids is 2. The van der Waals surface area contributed by atoms with Crippen LogP contribution in [0.1, 0.15) is 24.3 Å². The van der Waals surface area contributed by atoms with Crippen LogP contribution in [0.25, 0.3) is 0 Å². The molecule has 0 saturated heterocycles. The number of carboxylic acid groups (broad SMARTS) is 2. The summed E-state index contributed by atoms with van der Waals surface area (Å²) in [5, 5.41) is 25.6. The van der Waals surface area contributed by atoms with Crippen molar-refractivity contribution in [2.45, 2.75) is 32.4 Å². The van der Waals surface area contributed by atoms with Crippen molar-refractivity contribution in [3.05, 3.63) is 17.5 Å². The quantitative estimate of drug-likeness (QED) is 0.556. The molecular weight excluding hydrogens is 270 g/mol. The second-order valence-corrected chi connectivity index (χ2v) is 4.08. The minimum Gasteiger partial charge on any atom is -0.481 e. The smallest absolute Gasteiger partial charge is 0.326 e. The molecule has 0 aliphatic heterocycles. The lowest BCUT2D eigenvalue weighted by molar-refractivity contribution is -0.140. The molecule has 1 aromatic rings. The molecule has 1 atom stereocenters. The largest absolute Gasteiger partial charge is 0.481 e. The van der Waals surface area contributed by atoms with Crippen molar-refractivity contribution in [3.8, 4) is 0 Å². The highest BCUT2D eigenvalue weighted by Crippen LogP contribution is 2.01. The molecule has 0 bridgehead atoms. The normalized spacial score (nSPS) is 11.7. The second-order valence-electron chi connectivity index (χ2n) is 4.08. The summed E-state index contributed by atoms with van der Waals surface area (Å²) >= 11 is 0. The number of aryl methyl sites for hydroxylation is 1. The van der Waals surface area contributed by atoms with Crippen molar-refractivity contribution in [2.75, 3.05) is 0 Å². The summed E-state index contributed by atoms with van der Waals surface area (Å²) in [6, 6.07) is -0.354. The van der Waals surface area contributed by atoms with E-state index in [2.05, 4.69) is 15.8 Å². The van der Waals surface area contributed by atoms with E-state index in [0.29, 0.717) is 11.5 Å². The number of urea groups is 1. The van der Waals surface area contributed by atoms with Crippen molar-refractivity contribution in [1.29, 1.82) is 0 Å². The van der Waals surface area contributed by atoms with Gasteiger partial charge in [0.15, 0.2) is 0 Å². The van der Waals surface area contributed by atoms with E-state index in [-0.39, 0.29) is 19.4 Å². The van der Waals surface area contributed by atoms with Gasteiger partial charge in [0.25, 0.3) is 0 Å². The van der Waals surface area contributed by atoms with Crippen LogP contribution in [0.15, 0.2) is 10.6 Å². The third-order valence-corrected chi connectivity index (χ3v) is 2.36. The van der Waals surface area contributed by atoms with Crippen LogP contribution in [0.4, 0.5) is 4.79 Å². The Balaban J connectivity index is 2.41. The zero-order chi connectivity index (χ0) is 15.1. The molecular formula is C11H15N3O6. The van der Waals surface area contributed by atoms with Gasteiger partial charge < -0.3 is 25.4 Å². The van der Waals surface area contributed by atoms with Crippen LogP contribution in [0.2, 0.25) is 0 Å². The van der Waals surface area contributed by atoms with Crippen molar-refractivity contribution < 1.29 is 29.1 Å². The first kappa shape index (κ1) is 15.5. The van der Waals surface area contributed by atoms with Gasteiger partial charge in [-0.2, -0.15) is 0 Å². The van der Waals surface area contributed by atoms with Gasteiger partial charge in [0, 0.05) is 12.5 Å². The maximum Gasteiger partial charge on any atom is 0.326 e. The molecule has 0 radical (unpaired) electrons. The molecule has 0 saturated carbocycles. The lowest BCUT2D eigenvalue weighted by atomic mass is 10.1. The van der Waals surface area contributed by atoms with E-state index in [4.69, 9.17) is 14.7 Å². The monoisotopic (exact) mass is 285 g/mol. The van der Waals surface area contributed by atoms with Crippen molar-refractivity contribution in [2.24, 2.45) is 0 Å². The fraction of sp³-hybridized carbons (Fsp3) is 0.455. The number of rotatable bonds is 7. The summed E-state index contributed by atoms with van der Waals surface area (Å²) < 4.78 is 4.80. The number of hydrogen-bond acceptors (Lipinski definition) is 5. The first-order chi connectivity index (χ1) is 9.38. The number of carboxylic acids is 2. The number of nitrogens with one attached hydrogen (secondary N) is 2. The van der Waals surface area contributed by atoms with Crippen LogP contribution in [-0.2, 0) is 16.1 Å². The molecule has 0 aliphatic rings. The van der Waals surface area contributed by atoms with Gasteiger partial charge in [-0.15, -0.1) is 0 Å². The topological polar surface area (TPSA) is 142 Å². The molecule has 4 N–H and O–H groups in total. The maximum atomic E-state index is 11.5. The van der Waals surface area contributed by atoms with Crippen LogP contribution >= 0.6 is 0 Å². The van der Waals surface area contributed by atoms with E-state index < -0.39 is 24.0 Å². The molecule has 0 spiro atoms. The van der Waals surface area contributed by atoms with Gasteiger partial charge in [0.1, 0.15) is 17.5 Å². The fourth-order valence-corrected chi connectivity index (χ4v) is 1.41. The van der Waals surface area contributed by atoms with E-state index >= 15 is 0 Å². The molecule has 1 unspecified atom stereocenters. The summed E-state index contributed by atoms with van der Waals surface area (Å²) in [5.41, 5.74) is 0.495. The number of amides is 2. The van der Waals surface area contributed by atoms with Crippen molar-refractivity contribution in [1.82, 2.24) is 15.8 Å². The van der Waals surface area contributed by atoms with E-state index in [1.807, 2.05) is 0 Å². The Morgan fingerprint density at radius 3 is 2.60 bits per heavy atom. The van der Waals surface area contributed by atoms with Crippen LogP contribution in [0.5, 0.6) is 0 Å². The van der Waals surface area contributed by atoms with Gasteiger partial charge in [-0.3, -0.25) is 4.79 Å². The predicted molar refractivity (Wildman–Crippen MR) is 64.9 cm³/mol. The third-order valence-electron chi connectivity index (χ3n) is 2.36. The number of hydrogen-bond donors (Lipinski definition) is 4. The second kappa shape index (κ2) is 7.12. The standard InChI is InChI=1S/C11H15N3O6/c1-6-4-7(14-20-6)5-12-11(19)13-8(10(17)18)2-3-9(15)16/h4,8H,2-3,5H2,1H3,(H,15,16)(H,17,18)(H2,12,13,19). The van der Waals surface area contributed by atoms with E-state index in [1.54, 1.807) is 13.0 Å². The molecule has 110 valence electrons. The Morgan fingerprint density at radius 1 is 1.40 bits per heavy atom. The van der Waals surface area contributed by atoms with E-state index in [9.17, 15) is 14.4 Å². The van der Waals surface area contributed by atoms with E-state index in [0.717, 1.165) is 0 Å². The highest BCUT2D eigenvalue weighted by molar-refractivity contribution is 5.82. The zero-order valence-corrected chi connectivity index (χ0v) is 10.8. The molecule has 20 heavy (non-hydrogen) atoms. The van der Waals surface area contributed by atoms with Gasteiger partial charge in [0.05, 0.1) is 6.54 Å². The fourth-order valence-electron chi connectivity index (χ4n) is 1.41. The third kappa shape index (κ3) is 5.38. The minimum absolute atomic E-state index is 0.0778. The summed E-state index contributed by atoms with van der Waals surface area (Å²) in [5.74, 6) is -1.83. The lowest BCUT2D eigenvalue weighted by Crippen LogP contribution is -2.46. The summed E-state index contributed by atoms with van der Waals surface area (Å²) in [6.45, 7) is 1.78. The van der Waals surface area contributed by atoms with Gasteiger partial charge >= 0.3 is 18.0 Å². The zero-order valence-electron chi connectivity index (χ0n) is 10.8. The average Bonchev–Trinajstić information content (AvgIpc) is 2.77. The van der Waals surface area contributed by atoms with Gasteiger partial charge in [-0.1, -0.05) is 5.16 Å². The Morgan fingerprint density at radius 2 is 2.10 bits per heavy atom. The van der Waals surface area contributed by atoms with Crippen LogP contribution in [0, 0.1) is 6.92 Å². The Kier molecular flexibility index (Phi) is 5.51. The molecule has 1 rings (SSSR count). The summed E-state index contributed by atoms with van der Waals surface area (Å²) in [6.07, 6.45) is -0.541. The minimum atomic E-state index is -1.29. The van der Waals surface area contributed by atoms with E-state index in [1.165, 1.54) is 0 Å². The van der Waals surface area contributed by atoms with Crippen LogP contribution in [-0.4, -0.2) is 39.4 Å². The van der Waals surface area contributed by atoms with Crippen LogP contribution < -0.4 is 10.6 Å². The number of nitrogens with zero attached hydrogens (tertiary/aromatic N) is 1. The first-order valence-electron chi connectivity index (χ1n) is 5.79. The number of carbonyl (C=O) groups excluding carboxylic acids is 1. The summed E-state index contributed by atoms with van der Waals surface area (Å²) in [7, 11) is 0. The van der Waals surface area contributed by atoms with Crippen molar-refractivity contribution >= 4 is 18.0 Å². The lowest BCUT2D eigenvalue weighted by Gasteiger charge is -2.13. The Labute approximate surface area is 113 Å². The molecule has 1 aromatic heterocycles. The van der Waals surface area contributed by atoms with Crippen LogP contribution in [0.3, 0.4) is 0 Å². The molecule has 1 heterocycles. The molecule has 0 aliphatic carbocycles. The Bertz CT molecular complexity index is 498. The predicted octanol–water partition coefficient (Wildman–Crippen LogP) is 0.100. The van der Waals surface area contributed by atoms with Gasteiger partial charge in [-0.05, 0) is 13.3 Å². The highest BCUT2D eigenvalue weighted by atomic mass is 16.5. The molecule has 0 fully saturated rings. The first-order valence-corrected chi connectivity index (χ1v) is 5.79. The summed E-state index contributed by atoms with van der Waals surface area (Å²) in [4.78, 5) is 32.7. The molecule has 0 aromatic carbocycles. The molecule has 9 heteroatoms. The SMILES string of the molecule is Cc1cc(CNC(=O)NC(CCC(=O)O)C(=O)O)no1. The van der Waals surface area contributed by atoms with Gasteiger partial charge in [-0.25, -0.2) is 9.59 Å².